The third-order valence-corrected chi connectivity index (χ3v) is 5.61. The molecule has 0 spiro atoms. The number of aryl methyl sites for hydroxylation is 1. The van der Waals surface area contributed by atoms with Gasteiger partial charge in [-0.05, 0) is 45.4 Å². The number of carbonyl (C=O) groups is 2. The summed E-state index contributed by atoms with van der Waals surface area (Å²) < 4.78 is 0. The van der Waals surface area contributed by atoms with Gasteiger partial charge in [-0.1, -0.05) is 35.9 Å². The SMILES string of the molecule is Cc1ccc(/C(O)=C2\C(=O)C(=O)N(CCCN(C)C)[C@@H]2c2cccs2)cc1. The van der Waals surface area contributed by atoms with Gasteiger partial charge in [0.2, 0.25) is 0 Å². The molecule has 2 heterocycles. The lowest BCUT2D eigenvalue weighted by Crippen LogP contribution is -2.32. The highest BCUT2D eigenvalue weighted by atomic mass is 32.1. The highest BCUT2D eigenvalue weighted by molar-refractivity contribution is 7.10. The van der Waals surface area contributed by atoms with Crippen LogP contribution in [-0.2, 0) is 9.59 Å². The number of ketones is 1. The second kappa shape index (κ2) is 8.06. The smallest absolute Gasteiger partial charge is 0.295 e. The average molecular weight is 385 g/mol. The lowest BCUT2D eigenvalue weighted by molar-refractivity contribution is -0.139. The summed E-state index contributed by atoms with van der Waals surface area (Å²) in [6, 6.07) is 10.6. The van der Waals surface area contributed by atoms with Gasteiger partial charge in [0.15, 0.2) is 0 Å². The van der Waals surface area contributed by atoms with Crippen molar-refractivity contribution in [1.29, 1.82) is 0 Å². The summed E-state index contributed by atoms with van der Waals surface area (Å²) >= 11 is 1.48. The van der Waals surface area contributed by atoms with E-state index in [2.05, 4.69) is 0 Å². The van der Waals surface area contributed by atoms with Crippen molar-refractivity contribution in [2.75, 3.05) is 27.2 Å². The molecule has 0 unspecified atom stereocenters. The van der Waals surface area contributed by atoms with E-state index in [-0.39, 0.29) is 11.3 Å². The maximum atomic E-state index is 12.8. The second-order valence-electron chi connectivity index (χ2n) is 7.03. The predicted molar refractivity (Wildman–Crippen MR) is 108 cm³/mol. The van der Waals surface area contributed by atoms with E-state index in [4.69, 9.17) is 0 Å². The van der Waals surface area contributed by atoms with E-state index in [0.29, 0.717) is 12.1 Å². The van der Waals surface area contributed by atoms with E-state index >= 15 is 0 Å². The number of thiophene rings is 1. The number of benzene rings is 1. The molecule has 5 nitrogen and oxygen atoms in total. The van der Waals surface area contributed by atoms with Gasteiger partial charge in [-0.2, -0.15) is 0 Å². The predicted octanol–water partition coefficient (Wildman–Crippen LogP) is 3.43. The highest BCUT2D eigenvalue weighted by Crippen LogP contribution is 2.41. The Morgan fingerprint density at radius 3 is 2.48 bits per heavy atom. The molecular weight excluding hydrogens is 360 g/mol. The van der Waals surface area contributed by atoms with Crippen LogP contribution < -0.4 is 0 Å². The van der Waals surface area contributed by atoms with Crippen LogP contribution in [0.3, 0.4) is 0 Å². The fourth-order valence-corrected chi connectivity index (χ4v) is 4.12. The Kier molecular flexibility index (Phi) is 5.77. The zero-order valence-corrected chi connectivity index (χ0v) is 16.6. The maximum absolute atomic E-state index is 12.8. The Balaban J connectivity index is 2.03. The van der Waals surface area contributed by atoms with Crippen LogP contribution in [0.5, 0.6) is 0 Å². The van der Waals surface area contributed by atoms with Crippen LogP contribution in [0.1, 0.15) is 28.5 Å². The lowest BCUT2D eigenvalue weighted by Gasteiger charge is -2.24. The van der Waals surface area contributed by atoms with Gasteiger partial charge in [-0.25, -0.2) is 0 Å². The fourth-order valence-electron chi connectivity index (χ4n) is 3.28. The molecule has 1 N–H and O–H groups in total. The molecule has 1 saturated heterocycles. The molecule has 142 valence electrons. The third kappa shape index (κ3) is 3.96. The first-order valence-electron chi connectivity index (χ1n) is 8.93. The van der Waals surface area contributed by atoms with E-state index in [1.807, 2.05) is 55.6 Å². The van der Waals surface area contributed by atoms with Gasteiger partial charge >= 0.3 is 0 Å². The van der Waals surface area contributed by atoms with Crippen LogP contribution in [-0.4, -0.2) is 53.8 Å². The monoisotopic (exact) mass is 384 g/mol. The molecule has 1 atom stereocenters. The number of carbonyl (C=O) groups excluding carboxylic acids is 2. The zero-order valence-electron chi connectivity index (χ0n) is 15.8. The average Bonchev–Trinajstić information content (AvgIpc) is 3.24. The van der Waals surface area contributed by atoms with Crippen molar-refractivity contribution in [2.24, 2.45) is 0 Å². The largest absolute Gasteiger partial charge is 0.507 e. The molecule has 1 aromatic heterocycles. The molecule has 27 heavy (non-hydrogen) atoms. The zero-order chi connectivity index (χ0) is 19.6. The van der Waals surface area contributed by atoms with Crippen molar-refractivity contribution in [3.63, 3.8) is 0 Å². The minimum absolute atomic E-state index is 0.109. The molecule has 0 bridgehead atoms. The van der Waals surface area contributed by atoms with Crippen LogP contribution in [0, 0.1) is 6.92 Å². The number of aliphatic hydroxyl groups is 1. The molecule has 1 aliphatic rings. The molecule has 1 fully saturated rings. The summed E-state index contributed by atoms with van der Waals surface area (Å²) in [5.41, 5.74) is 1.79. The van der Waals surface area contributed by atoms with Crippen LogP contribution in [0.4, 0.5) is 0 Å². The second-order valence-corrected chi connectivity index (χ2v) is 8.01. The summed E-state index contributed by atoms with van der Waals surface area (Å²) in [6.45, 7) is 3.24. The molecular formula is C21H24N2O3S. The number of aliphatic hydroxyl groups excluding tert-OH is 1. The van der Waals surface area contributed by atoms with Gasteiger partial charge in [0.05, 0.1) is 11.6 Å². The van der Waals surface area contributed by atoms with Crippen LogP contribution >= 0.6 is 11.3 Å². The molecule has 2 aromatic rings. The standard InChI is InChI=1S/C21H24N2O3S/c1-14-7-9-15(10-8-14)19(24)17-18(16-6-4-13-27-16)23(21(26)20(17)25)12-5-11-22(2)3/h4,6-10,13,18,24H,5,11-12H2,1-3H3/b19-17+/t18-/m1/s1. The van der Waals surface area contributed by atoms with Crippen molar-refractivity contribution in [2.45, 2.75) is 19.4 Å². The van der Waals surface area contributed by atoms with Crippen LogP contribution in [0.25, 0.3) is 5.76 Å². The Labute approximate surface area is 163 Å². The molecule has 1 aliphatic heterocycles. The summed E-state index contributed by atoms with van der Waals surface area (Å²) in [6.07, 6.45) is 0.756. The number of hydrogen-bond donors (Lipinski definition) is 1. The van der Waals surface area contributed by atoms with Crippen LogP contribution in [0.2, 0.25) is 0 Å². The van der Waals surface area contributed by atoms with Crippen molar-refractivity contribution in [3.8, 4) is 0 Å². The molecule has 0 aliphatic carbocycles. The van der Waals surface area contributed by atoms with Gasteiger partial charge in [-0.3, -0.25) is 9.59 Å². The Morgan fingerprint density at radius 1 is 1.19 bits per heavy atom. The van der Waals surface area contributed by atoms with E-state index in [0.717, 1.165) is 23.4 Å². The lowest BCUT2D eigenvalue weighted by atomic mass is 9.99. The van der Waals surface area contributed by atoms with Crippen molar-refractivity contribution in [1.82, 2.24) is 9.80 Å². The number of hydrogen-bond acceptors (Lipinski definition) is 5. The maximum Gasteiger partial charge on any atom is 0.295 e. The first-order valence-corrected chi connectivity index (χ1v) is 9.81. The minimum Gasteiger partial charge on any atom is -0.507 e. The van der Waals surface area contributed by atoms with Crippen LogP contribution in [0.15, 0.2) is 47.4 Å². The number of amides is 1. The molecule has 0 saturated carbocycles. The molecule has 1 amide bonds. The topological polar surface area (TPSA) is 60.9 Å². The number of Topliss-reactive ketones (excluding diaryl/α,β-unsaturated/α-hetero) is 1. The minimum atomic E-state index is -0.615. The number of nitrogens with zero attached hydrogens (tertiary/aromatic N) is 2. The molecule has 3 rings (SSSR count). The first-order chi connectivity index (χ1) is 12.9. The summed E-state index contributed by atoms with van der Waals surface area (Å²) in [7, 11) is 3.95. The van der Waals surface area contributed by atoms with E-state index in [1.165, 1.54) is 11.3 Å². The van der Waals surface area contributed by atoms with Gasteiger partial charge in [0, 0.05) is 17.0 Å². The molecule has 1 aromatic carbocycles. The molecule has 0 radical (unpaired) electrons. The van der Waals surface area contributed by atoms with E-state index < -0.39 is 17.7 Å². The Bertz CT molecular complexity index is 854. The summed E-state index contributed by atoms with van der Waals surface area (Å²) in [5.74, 6) is -1.26. The summed E-state index contributed by atoms with van der Waals surface area (Å²) in [4.78, 5) is 30.0. The quantitative estimate of drug-likeness (QED) is 0.471. The Hall–Kier alpha value is -2.44. The summed E-state index contributed by atoms with van der Waals surface area (Å²) in [5, 5.41) is 12.8. The van der Waals surface area contributed by atoms with Gasteiger partial charge in [0.1, 0.15) is 5.76 Å². The van der Waals surface area contributed by atoms with Gasteiger partial charge in [-0.15, -0.1) is 11.3 Å². The van der Waals surface area contributed by atoms with Gasteiger partial charge in [0.25, 0.3) is 11.7 Å². The number of likely N-dealkylation sites (tertiary alicyclic amines) is 1. The van der Waals surface area contributed by atoms with E-state index in [1.54, 1.807) is 17.0 Å². The Morgan fingerprint density at radius 2 is 1.89 bits per heavy atom. The number of rotatable bonds is 6. The third-order valence-electron chi connectivity index (χ3n) is 4.68. The van der Waals surface area contributed by atoms with E-state index in [9.17, 15) is 14.7 Å². The van der Waals surface area contributed by atoms with Gasteiger partial charge < -0.3 is 14.9 Å². The normalized spacial score (nSPS) is 19.3. The van der Waals surface area contributed by atoms with Crippen molar-refractivity contribution >= 4 is 28.8 Å². The highest BCUT2D eigenvalue weighted by Gasteiger charge is 2.46. The fraction of sp³-hybridized carbons (Fsp3) is 0.333. The first kappa shape index (κ1) is 19.3. The molecule has 6 heteroatoms. The van der Waals surface area contributed by atoms with Crippen molar-refractivity contribution in [3.05, 3.63) is 63.4 Å². The van der Waals surface area contributed by atoms with Crippen molar-refractivity contribution < 1.29 is 14.7 Å².